The summed E-state index contributed by atoms with van der Waals surface area (Å²) in [4.78, 5) is 0.129. The number of hydrogen-bond acceptors (Lipinski definition) is 5. The molecule has 146 valence electrons. The lowest BCUT2D eigenvalue weighted by Crippen LogP contribution is -2.35. The summed E-state index contributed by atoms with van der Waals surface area (Å²) in [6.07, 6.45) is 2.25. The first-order chi connectivity index (χ1) is 12.6. The number of nitrogens with one attached hydrogen (secondary N) is 1. The zero-order valence-electron chi connectivity index (χ0n) is 14.8. The number of fused-ring (bicyclic) bond motifs is 1. The molecule has 0 spiro atoms. The minimum Gasteiger partial charge on any atom is -0.496 e. The first-order valence-corrected chi connectivity index (χ1v) is 12.2. The Hall–Kier alpha value is -1.78. The maximum Gasteiger partial charge on any atom is 0.264 e. The molecule has 0 unspecified atom stereocenters. The number of nitrogens with zero attached hydrogens (tertiary/aromatic N) is 1. The molecule has 2 aromatic carbocycles. The SMILES string of the molecule is COc1ccc(S(=O)(=O)N2CCCc3c(NS(C)(=O)=O)cccc32)cc1Br. The van der Waals surface area contributed by atoms with Gasteiger partial charge in [-0.15, -0.1) is 0 Å². The fourth-order valence-corrected chi connectivity index (χ4v) is 5.91. The van der Waals surface area contributed by atoms with Crippen molar-refractivity contribution in [2.45, 2.75) is 17.7 Å². The second-order valence-electron chi connectivity index (χ2n) is 6.15. The van der Waals surface area contributed by atoms with Gasteiger partial charge in [-0.05, 0) is 59.1 Å². The van der Waals surface area contributed by atoms with Crippen LogP contribution in [0.1, 0.15) is 12.0 Å². The maximum atomic E-state index is 13.2. The van der Waals surface area contributed by atoms with E-state index < -0.39 is 20.0 Å². The maximum absolute atomic E-state index is 13.2. The van der Waals surface area contributed by atoms with Crippen molar-refractivity contribution in [3.8, 4) is 5.75 Å². The van der Waals surface area contributed by atoms with Gasteiger partial charge in [-0.25, -0.2) is 16.8 Å². The Kier molecular flexibility index (Phi) is 5.42. The van der Waals surface area contributed by atoms with E-state index in [9.17, 15) is 16.8 Å². The quantitative estimate of drug-likeness (QED) is 0.718. The molecule has 0 saturated heterocycles. The monoisotopic (exact) mass is 474 g/mol. The van der Waals surface area contributed by atoms with Gasteiger partial charge in [0.25, 0.3) is 10.0 Å². The Morgan fingerprint density at radius 2 is 1.89 bits per heavy atom. The largest absolute Gasteiger partial charge is 0.496 e. The molecule has 7 nitrogen and oxygen atoms in total. The average molecular weight is 475 g/mol. The molecule has 1 N–H and O–H groups in total. The Balaban J connectivity index is 2.07. The van der Waals surface area contributed by atoms with Crippen molar-refractivity contribution in [2.24, 2.45) is 0 Å². The molecule has 0 aromatic heterocycles. The highest BCUT2D eigenvalue weighted by molar-refractivity contribution is 9.10. The third-order valence-corrected chi connectivity index (χ3v) is 7.23. The summed E-state index contributed by atoms with van der Waals surface area (Å²) in [6.45, 7) is 0.321. The van der Waals surface area contributed by atoms with Crippen LogP contribution in [0.25, 0.3) is 0 Å². The molecular weight excluding hydrogens is 456 g/mol. The normalized spacial score (nSPS) is 14.6. The summed E-state index contributed by atoms with van der Waals surface area (Å²) in [5.74, 6) is 0.535. The Morgan fingerprint density at radius 3 is 2.52 bits per heavy atom. The Morgan fingerprint density at radius 1 is 1.15 bits per heavy atom. The van der Waals surface area contributed by atoms with E-state index in [1.165, 1.54) is 23.5 Å². The van der Waals surface area contributed by atoms with Crippen LogP contribution in [0, 0.1) is 0 Å². The van der Waals surface area contributed by atoms with Gasteiger partial charge in [0.15, 0.2) is 0 Å². The van der Waals surface area contributed by atoms with E-state index in [1.54, 1.807) is 24.3 Å². The van der Waals surface area contributed by atoms with Crippen molar-refractivity contribution < 1.29 is 21.6 Å². The lowest BCUT2D eigenvalue weighted by molar-refractivity contribution is 0.411. The first kappa shape index (κ1) is 20.0. The number of ether oxygens (including phenoxy) is 1. The lowest BCUT2D eigenvalue weighted by Gasteiger charge is -2.31. The number of benzene rings is 2. The van der Waals surface area contributed by atoms with Crippen LogP contribution in [-0.2, 0) is 26.5 Å². The molecule has 0 aliphatic carbocycles. The van der Waals surface area contributed by atoms with Crippen molar-refractivity contribution in [1.29, 1.82) is 0 Å². The second-order valence-corrected chi connectivity index (χ2v) is 10.6. The minimum absolute atomic E-state index is 0.129. The highest BCUT2D eigenvalue weighted by Crippen LogP contribution is 2.37. The minimum atomic E-state index is -3.81. The summed E-state index contributed by atoms with van der Waals surface area (Å²) >= 11 is 3.32. The summed E-state index contributed by atoms with van der Waals surface area (Å²) in [7, 11) is -5.77. The van der Waals surface area contributed by atoms with E-state index in [2.05, 4.69) is 20.7 Å². The smallest absolute Gasteiger partial charge is 0.264 e. The summed E-state index contributed by atoms with van der Waals surface area (Å²) in [5.41, 5.74) is 1.57. The van der Waals surface area contributed by atoms with Crippen LogP contribution in [0.2, 0.25) is 0 Å². The molecule has 0 amide bonds. The molecule has 0 fully saturated rings. The fourth-order valence-electron chi connectivity index (χ4n) is 3.07. The average Bonchev–Trinajstić information content (AvgIpc) is 2.60. The van der Waals surface area contributed by atoms with Crippen molar-refractivity contribution in [1.82, 2.24) is 0 Å². The van der Waals surface area contributed by atoms with E-state index >= 15 is 0 Å². The highest BCUT2D eigenvalue weighted by Gasteiger charge is 2.31. The Bertz CT molecular complexity index is 1080. The molecule has 3 rings (SSSR count). The van der Waals surface area contributed by atoms with Gasteiger partial charge in [0.1, 0.15) is 5.75 Å². The zero-order chi connectivity index (χ0) is 19.8. The lowest BCUT2D eigenvalue weighted by atomic mass is 10.0. The molecular formula is C17H19BrN2O5S2. The summed E-state index contributed by atoms with van der Waals surface area (Å²) in [5, 5.41) is 0. The molecule has 1 aliphatic rings. The molecule has 2 aromatic rings. The topological polar surface area (TPSA) is 92.8 Å². The summed E-state index contributed by atoms with van der Waals surface area (Å²) in [6, 6.07) is 9.55. The Labute approximate surface area is 167 Å². The van der Waals surface area contributed by atoms with Gasteiger partial charge in [0.2, 0.25) is 10.0 Å². The molecule has 0 bridgehead atoms. The molecule has 1 aliphatic heterocycles. The summed E-state index contributed by atoms with van der Waals surface area (Å²) < 4.78 is 59.2. The van der Waals surface area contributed by atoms with Crippen LogP contribution < -0.4 is 13.8 Å². The van der Waals surface area contributed by atoms with E-state index in [0.717, 1.165) is 6.26 Å². The predicted molar refractivity (Wildman–Crippen MR) is 108 cm³/mol. The van der Waals surface area contributed by atoms with E-state index in [0.29, 0.717) is 46.5 Å². The third-order valence-electron chi connectivity index (χ3n) is 4.21. The fraction of sp³-hybridized carbons (Fsp3) is 0.294. The van der Waals surface area contributed by atoms with Crippen molar-refractivity contribution >= 4 is 47.4 Å². The van der Waals surface area contributed by atoms with Crippen LogP contribution >= 0.6 is 15.9 Å². The van der Waals surface area contributed by atoms with Crippen molar-refractivity contribution in [3.05, 3.63) is 46.4 Å². The number of anilines is 2. The van der Waals surface area contributed by atoms with E-state index in [-0.39, 0.29) is 4.90 Å². The van der Waals surface area contributed by atoms with Gasteiger partial charge in [-0.1, -0.05) is 6.07 Å². The number of halogens is 1. The number of hydrogen-bond donors (Lipinski definition) is 1. The van der Waals surface area contributed by atoms with E-state index in [1.807, 2.05) is 0 Å². The number of rotatable bonds is 5. The van der Waals surface area contributed by atoms with Gasteiger partial charge in [0, 0.05) is 12.1 Å². The van der Waals surface area contributed by atoms with Gasteiger partial charge in [0.05, 0.1) is 34.1 Å². The molecule has 10 heteroatoms. The zero-order valence-corrected chi connectivity index (χ0v) is 18.0. The van der Waals surface area contributed by atoms with Crippen LogP contribution in [-0.4, -0.2) is 36.7 Å². The van der Waals surface area contributed by atoms with Gasteiger partial charge < -0.3 is 4.74 Å². The molecule has 27 heavy (non-hydrogen) atoms. The number of methoxy groups -OCH3 is 1. The highest BCUT2D eigenvalue weighted by atomic mass is 79.9. The number of sulfonamides is 2. The molecule has 0 atom stereocenters. The van der Waals surface area contributed by atoms with Gasteiger partial charge >= 0.3 is 0 Å². The van der Waals surface area contributed by atoms with Crippen LogP contribution in [0.4, 0.5) is 11.4 Å². The van der Waals surface area contributed by atoms with Crippen LogP contribution in [0.3, 0.4) is 0 Å². The van der Waals surface area contributed by atoms with Gasteiger partial charge in [-0.2, -0.15) is 0 Å². The molecule has 1 heterocycles. The third kappa shape index (κ3) is 4.07. The molecule has 0 saturated carbocycles. The first-order valence-electron chi connectivity index (χ1n) is 8.09. The van der Waals surface area contributed by atoms with E-state index in [4.69, 9.17) is 4.74 Å². The predicted octanol–water partition coefficient (Wildman–Crippen LogP) is 2.97. The molecule has 0 radical (unpaired) electrons. The standard InChI is InChI=1S/C17H19BrN2O5S2/c1-25-17-9-8-12(11-14(17)18)27(23,24)20-10-4-5-13-15(19-26(2,21)22)6-3-7-16(13)20/h3,6-9,11,19H,4-5,10H2,1-2H3. The van der Waals surface area contributed by atoms with Crippen LogP contribution in [0.15, 0.2) is 45.8 Å². The van der Waals surface area contributed by atoms with Crippen molar-refractivity contribution in [3.63, 3.8) is 0 Å². The van der Waals surface area contributed by atoms with Crippen LogP contribution in [0.5, 0.6) is 5.75 Å². The van der Waals surface area contributed by atoms with Gasteiger partial charge in [-0.3, -0.25) is 9.03 Å². The van der Waals surface area contributed by atoms with Crippen molar-refractivity contribution in [2.75, 3.05) is 28.9 Å². The second kappa shape index (κ2) is 7.33.